The van der Waals surface area contributed by atoms with Gasteiger partial charge in [0.05, 0.1) is 12.6 Å². The van der Waals surface area contributed by atoms with Crippen LogP contribution in [-0.2, 0) is 5.41 Å². The first kappa shape index (κ1) is 14.0. The molecule has 23 heavy (non-hydrogen) atoms. The Morgan fingerprint density at radius 2 is 1.70 bits per heavy atom. The predicted octanol–water partition coefficient (Wildman–Crippen LogP) is 4.76. The van der Waals surface area contributed by atoms with Gasteiger partial charge in [0.2, 0.25) is 0 Å². The fourth-order valence-corrected chi connectivity index (χ4v) is 6.06. The van der Waals surface area contributed by atoms with E-state index in [1.807, 2.05) is 18.2 Å². The summed E-state index contributed by atoms with van der Waals surface area (Å²) in [4.78, 5) is 9.72. The first-order valence-corrected chi connectivity index (χ1v) is 9.05. The maximum atomic E-state index is 6.51. The molecule has 4 aliphatic carbocycles. The third-order valence-electron chi connectivity index (χ3n) is 6.37. The Morgan fingerprint density at radius 3 is 2.30 bits per heavy atom. The zero-order chi connectivity index (χ0) is 15.6. The zero-order valence-corrected chi connectivity index (χ0v) is 14.1. The molecular formula is C19H21ClN2O. The molecule has 0 aliphatic heterocycles. The molecule has 0 saturated heterocycles. The average Bonchev–Trinajstić information content (AvgIpc) is 2.53. The highest BCUT2D eigenvalue weighted by molar-refractivity contribution is 6.34. The molecule has 4 aliphatic rings. The molecular weight excluding hydrogens is 308 g/mol. The SMILES string of the molecule is COc1ccc2c(Cl)nc(C34CC5CC(CC(C5)C3)C4)nc2c1. The highest BCUT2D eigenvalue weighted by atomic mass is 35.5. The van der Waals surface area contributed by atoms with Gasteiger partial charge in [0.15, 0.2) is 0 Å². The minimum absolute atomic E-state index is 0.176. The molecule has 4 fully saturated rings. The highest BCUT2D eigenvalue weighted by Crippen LogP contribution is 2.60. The average molecular weight is 329 g/mol. The number of aromatic nitrogens is 2. The molecule has 1 aromatic heterocycles. The third kappa shape index (κ3) is 2.09. The van der Waals surface area contributed by atoms with E-state index in [9.17, 15) is 0 Å². The minimum Gasteiger partial charge on any atom is -0.497 e. The molecule has 0 radical (unpaired) electrons. The van der Waals surface area contributed by atoms with Gasteiger partial charge in [-0.25, -0.2) is 9.97 Å². The van der Waals surface area contributed by atoms with Crippen molar-refractivity contribution in [2.75, 3.05) is 7.11 Å². The first-order chi connectivity index (χ1) is 11.1. The Morgan fingerprint density at radius 1 is 1.04 bits per heavy atom. The van der Waals surface area contributed by atoms with Crippen molar-refractivity contribution >= 4 is 22.5 Å². The van der Waals surface area contributed by atoms with Crippen LogP contribution in [-0.4, -0.2) is 17.1 Å². The molecule has 0 amide bonds. The Labute approximate surface area is 141 Å². The standard InChI is InChI=1S/C19H21ClN2O/c1-23-14-2-3-15-16(7-14)21-18(22-17(15)20)19-8-11-4-12(9-19)6-13(5-11)10-19/h2-3,7,11-13H,4-6,8-10H2,1H3. The molecule has 4 bridgehead atoms. The lowest BCUT2D eigenvalue weighted by molar-refractivity contribution is -0.00922. The van der Waals surface area contributed by atoms with E-state index >= 15 is 0 Å². The van der Waals surface area contributed by atoms with E-state index in [2.05, 4.69) is 0 Å². The van der Waals surface area contributed by atoms with Crippen molar-refractivity contribution in [1.29, 1.82) is 0 Å². The van der Waals surface area contributed by atoms with Crippen molar-refractivity contribution in [1.82, 2.24) is 9.97 Å². The second kappa shape index (κ2) is 4.83. The summed E-state index contributed by atoms with van der Waals surface area (Å²) in [5, 5.41) is 1.50. The molecule has 4 heteroatoms. The van der Waals surface area contributed by atoms with E-state index in [0.29, 0.717) is 5.15 Å². The molecule has 6 rings (SSSR count). The number of fused-ring (bicyclic) bond motifs is 1. The van der Waals surface area contributed by atoms with E-state index in [-0.39, 0.29) is 5.41 Å². The van der Waals surface area contributed by atoms with Crippen LogP contribution in [0.3, 0.4) is 0 Å². The van der Waals surface area contributed by atoms with Gasteiger partial charge in [0, 0.05) is 16.9 Å². The van der Waals surface area contributed by atoms with Gasteiger partial charge in [-0.2, -0.15) is 0 Å². The van der Waals surface area contributed by atoms with Crippen molar-refractivity contribution in [3.8, 4) is 5.75 Å². The van der Waals surface area contributed by atoms with Crippen LogP contribution < -0.4 is 4.74 Å². The number of methoxy groups -OCH3 is 1. The molecule has 4 saturated carbocycles. The minimum atomic E-state index is 0.176. The zero-order valence-electron chi connectivity index (χ0n) is 13.4. The number of ether oxygens (including phenoxy) is 1. The van der Waals surface area contributed by atoms with Crippen molar-refractivity contribution in [3.63, 3.8) is 0 Å². The van der Waals surface area contributed by atoms with Crippen molar-refractivity contribution in [2.24, 2.45) is 17.8 Å². The molecule has 0 unspecified atom stereocenters. The van der Waals surface area contributed by atoms with Gasteiger partial charge in [0.25, 0.3) is 0 Å². The normalized spacial score (nSPS) is 35.0. The number of rotatable bonds is 2. The Balaban J connectivity index is 1.65. The van der Waals surface area contributed by atoms with Gasteiger partial charge < -0.3 is 4.74 Å². The summed E-state index contributed by atoms with van der Waals surface area (Å²) in [6.45, 7) is 0. The number of hydrogen-bond donors (Lipinski definition) is 0. The number of benzene rings is 1. The van der Waals surface area contributed by atoms with Crippen LogP contribution in [0.4, 0.5) is 0 Å². The Kier molecular flexibility index (Phi) is 2.94. The van der Waals surface area contributed by atoms with Crippen LogP contribution in [0, 0.1) is 17.8 Å². The summed E-state index contributed by atoms with van der Waals surface area (Å²) < 4.78 is 5.35. The largest absolute Gasteiger partial charge is 0.497 e. The summed E-state index contributed by atoms with van der Waals surface area (Å²) in [5.41, 5.74) is 1.09. The fourth-order valence-electron chi connectivity index (χ4n) is 5.82. The quantitative estimate of drug-likeness (QED) is 0.745. The number of hydrogen-bond acceptors (Lipinski definition) is 3. The second-order valence-electron chi connectivity index (χ2n) is 7.92. The molecule has 2 aromatic rings. The summed E-state index contributed by atoms with van der Waals surface area (Å²) in [6, 6.07) is 5.86. The van der Waals surface area contributed by atoms with Gasteiger partial charge in [-0.1, -0.05) is 11.6 Å². The lowest BCUT2D eigenvalue weighted by Gasteiger charge is -2.56. The molecule has 3 nitrogen and oxygen atoms in total. The predicted molar refractivity (Wildman–Crippen MR) is 91.0 cm³/mol. The topological polar surface area (TPSA) is 35.0 Å². The van der Waals surface area contributed by atoms with Crippen LogP contribution in [0.5, 0.6) is 5.75 Å². The van der Waals surface area contributed by atoms with Gasteiger partial charge in [-0.05, 0) is 68.4 Å². The van der Waals surface area contributed by atoms with Gasteiger partial charge in [0.1, 0.15) is 16.7 Å². The van der Waals surface area contributed by atoms with E-state index in [4.69, 9.17) is 26.3 Å². The highest BCUT2D eigenvalue weighted by Gasteiger charge is 2.53. The van der Waals surface area contributed by atoms with Crippen LogP contribution >= 0.6 is 11.6 Å². The van der Waals surface area contributed by atoms with E-state index in [1.165, 1.54) is 38.5 Å². The summed E-state index contributed by atoms with van der Waals surface area (Å²) in [5.74, 6) is 4.45. The van der Waals surface area contributed by atoms with Gasteiger partial charge >= 0.3 is 0 Å². The van der Waals surface area contributed by atoms with Crippen LogP contribution in [0.1, 0.15) is 44.3 Å². The van der Waals surface area contributed by atoms with Crippen LogP contribution in [0.15, 0.2) is 18.2 Å². The second-order valence-corrected chi connectivity index (χ2v) is 8.28. The van der Waals surface area contributed by atoms with Crippen molar-refractivity contribution in [3.05, 3.63) is 29.2 Å². The first-order valence-electron chi connectivity index (χ1n) is 8.67. The van der Waals surface area contributed by atoms with Gasteiger partial charge in [-0.15, -0.1) is 0 Å². The summed E-state index contributed by atoms with van der Waals surface area (Å²) in [7, 11) is 1.68. The van der Waals surface area contributed by atoms with E-state index < -0.39 is 0 Å². The smallest absolute Gasteiger partial charge is 0.140 e. The fraction of sp³-hybridized carbons (Fsp3) is 0.579. The Bertz CT molecular complexity index is 753. The summed E-state index contributed by atoms with van der Waals surface area (Å²) >= 11 is 6.51. The van der Waals surface area contributed by atoms with E-state index in [1.54, 1.807) is 7.11 Å². The van der Waals surface area contributed by atoms with Gasteiger partial charge in [-0.3, -0.25) is 0 Å². The molecule has 1 aromatic carbocycles. The molecule has 1 heterocycles. The number of halogens is 1. The Hall–Kier alpha value is -1.35. The molecule has 0 spiro atoms. The lowest BCUT2D eigenvalue weighted by Crippen LogP contribution is -2.49. The lowest BCUT2D eigenvalue weighted by atomic mass is 9.49. The van der Waals surface area contributed by atoms with E-state index in [0.717, 1.165) is 40.2 Å². The monoisotopic (exact) mass is 328 g/mol. The van der Waals surface area contributed by atoms with Crippen molar-refractivity contribution < 1.29 is 4.74 Å². The third-order valence-corrected chi connectivity index (χ3v) is 6.66. The van der Waals surface area contributed by atoms with Crippen LogP contribution in [0.2, 0.25) is 5.15 Å². The maximum absolute atomic E-state index is 6.51. The van der Waals surface area contributed by atoms with Crippen molar-refractivity contribution in [2.45, 2.75) is 43.9 Å². The molecule has 120 valence electrons. The van der Waals surface area contributed by atoms with Crippen LogP contribution in [0.25, 0.3) is 10.9 Å². The number of nitrogens with zero attached hydrogens (tertiary/aromatic N) is 2. The molecule has 0 atom stereocenters. The summed E-state index contributed by atoms with van der Waals surface area (Å²) in [6.07, 6.45) is 8.04. The maximum Gasteiger partial charge on any atom is 0.140 e. The molecule has 0 N–H and O–H groups in total.